The summed E-state index contributed by atoms with van der Waals surface area (Å²) in [5.41, 5.74) is 1.82. The molecular formula is C19H24N4O4. The van der Waals surface area contributed by atoms with Gasteiger partial charge in [-0.05, 0) is 19.4 Å². The van der Waals surface area contributed by atoms with Crippen LogP contribution in [-0.4, -0.2) is 66.8 Å². The molecule has 0 saturated carbocycles. The standard InChI is InChI=1S/C19H24N4O4/c1-3-27-18(26)15-16(14-6-4-5-13(2)11-14)20-19(21-17(15)25)23-9-7-22(12-24)8-10-23/h4-6,11-12,15-16H,3,7-10H2,1-2H3,(H,20,21,25)/t15-,16+/m0/s1. The number of hydrogen-bond donors (Lipinski definition) is 1. The largest absolute Gasteiger partial charge is 0.465 e. The molecule has 1 N–H and O–H groups in total. The molecule has 2 heterocycles. The highest BCUT2D eigenvalue weighted by Crippen LogP contribution is 2.31. The highest BCUT2D eigenvalue weighted by atomic mass is 16.5. The van der Waals surface area contributed by atoms with Crippen molar-refractivity contribution in [3.05, 3.63) is 35.4 Å². The van der Waals surface area contributed by atoms with Crippen LogP contribution in [0.3, 0.4) is 0 Å². The van der Waals surface area contributed by atoms with Gasteiger partial charge in [0.1, 0.15) is 6.04 Å². The van der Waals surface area contributed by atoms with Crippen LogP contribution < -0.4 is 5.32 Å². The van der Waals surface area contributed by atoms with E-state index in [2.05, 4.69) is 5.32 Å². The van der Waals surface area contributed by atoms with Crippen molar-refractivity contribution in [1.82, 2.24) is 15.1 Å². The second-order valence-electron chi connectivity index (χ2n) is 6.66. The fourth-order valence-electron chi connectivity index (χ4n) is 3.36. The monoisotopic (exact) mass is 372 g/mol. The summed E-state index contributed by atoms with van der Waals surface area (Å²) in [5, 5.41) is 2.75. The van der Waals surface area contributed by atoms with Crippen molar-refractivity contribution in [3.63, 3.8) is 0 Å². The van der Waals surface area contributed by atoms with Crippen LogP contribution in [0.4, 0.5) is 0 Å². The van der Waals surface area contributed by atoms with Crippen LogP contribution in [0.15, 0.2) is 29.3 Å². The van der Waals surface area contributed by atoms with Gasteiger partial charge in [-0.3, -0.25) is 19.7 Å². The first kappa shape index (κ1) is 18.9. The van der Waals surface area contributed by atoms with Gasteiger partial charge >= 0.3 is 5.97 Å². The summed E-state index contributed by atoms with van der Waals surface area (Å²) in [6, 6.07) is 7.00. The van der Waals surface area contributed by atoms with Gasteiger partial charge in [-0.25, -0.2) is 4.99 Å². The summed E-state index contributed by atoms with van der Waals surface area (Å²) < 4.78 is 5.11. The van der Waals surface area contributed by atoms with E-state index < -0.39 is 23.8 Å². The number of piperazine rings is 1. The quantitative estimate of drug-likeness (QED) is 0.471. The van der Waals surface area contributed by atoms with Gasteiger partial charge in [-0.15, -0.1) is 0 Å². The Kier molecular flexibility index (Phi) is 5.73. The second-order valence-corrected chi connectivity index (χ2v) is 6.66. The summed E-state index contributed by atoms with van der Waals surface area (Å²) in [6.45, 7) is 6.14. The average Bonchev–Trinajstić information content (AvgIpc) is 2.67. The van der Waals surface area contributed by atoms with Crippen molar-refractivity contribution in [2.24, 2.45) is 10.9 Å². The van der Waals surface area contributed by atoms with Crippen LogP contribution >= 0.6 is 0 Å². The fourth-order valence-corrected chi connectivity index (χ4v) is 3.36. The number of nitrogens with zero attached hydrogens (tertiary/aromatic N) is 3. The predicted octanol–water partition coefficient (Wildman–Crippen LogP) is 0.475. The van der Waals surface area contributed by atoms with Crippen LogP contribution in [0, 0.1) is 12.8 Å². The van der Waals surface area contributed by atoms with E-state index in [4.69, 9.17) is 9.73 Å². The minimum Gasteiger partial charge on any atom is -0.465 e. The Morgan fingerprint density at radius 1 is 1.33 bits per heavy atom. The number of rotatable bonds is 4. The maximum Gasteiger partial charge on any atom is 0.321 e. The number of nitrogens with one attached hydrogen (secondary N) is 1. The Bertz CT molecular complexity index is 756. The summed E-state index contributed by atoms with van der Waals surface area (Å²) in [5.74, 6) is -1.57. The highest BCUT2D eigenvalue weighted by molar-refractivity contribution is 6.08. The lowest BCUT2D eigenvalue weighted by atomic mass is 9.90. The summed E-state index contributed by atoms with van der Waals surface area (Å²) in [7, 11) is 0. The molecule has 1 fully saturated rings. The third-order valence-corrected chi connectivity index (χ3v) is 4.78. The zero-order valence-corrected chi connectivity index (χ0v) is 15.6. The van der Waals surface area contributed by atoms with Gasteiger partial charge in [0, 0.05) is 26.2 Å². The average molecular weight is 372 g/mol. The number of amides is 2. The number of carbonyl (C=O) groups excluding carboxylic acids is 3. The van der Waals surface area contributed by atoms with E-state index in [9.17, 15) is 14.4 Å². The molecule has 27 heavy (non-hydrogen) atoms. The molecule has 0 bridgehead atoms. The molecule has 0 spiro atoms. The van der Waals surface area contributed by atoms with E-state index in [0.29, 0.717) is 32.1 Å². The lowest BCUT2D eigenvalue weighted by Crippen LogP contribution is -2.57. The van der Waals surface area contributed by atoms with Gasteiger partial charge in [-0.1, -0.05) is 29.8 Å². The molecule has 2 aliphatic heterocycles. The first-order chi connectivity index (χ1) is 13.0. The van der Waals surface area contributed by atoms with E-state index in [0.717, 1.165) is 17.5 Å². The van der Waals surface area contributed by atoms with E-state index in [-0.39, 0.29) is 6.61 Å². The molecule has 2 atom stereocenters. The van der Waals surface area contributed by atoms with Gasteiger partial charge in [0.2, 0.25) is 18.3 Å². The number of benzene rings is 1. The lowest BCUT2D eigenvalue weighted by Gasteiger charge is -2.37. The molecule has 1 saturated heterocycles. The SMILES string of the molecule is CCOC(=O)[C@@H]1C(=O)NC(N2CCN(C=O)CC2)=N[C@@H]1c1cccc(C)c1. The Morgan fingerprint density at radius 3 is 2.70 bits per heavy atom. The molecule has 2 aliphatic rings. The van der Waals surface area contributed by atoms with Crippen LogP contribution in [0.2, 0.25) is 0 Å². The number of esters is 1. The van der Waals surface area contributed by atoms with E-state index in [1.165, 1.54) is 0 Å². The zero-order valence-electron chi connectivity index (χ0n) is 15.6. The van der Waals surface area contributed by atoms with Crippen molar-refractivity contribution in [3.8, 4) is 0 Å². The summed E-state index contributed by atoms with van der Waals surface area (Å²) >= 11 is 0. The highest BCUT2D eigenvalue weighted by Gasteiger charge is 2.42. The molecule has 8 nitrogen and oxygen atoms in total. The summed E-state index contributed by atoms with van der Waals surface area (Å²) in [6.07, 6.45) is 0.824. The minimum atomic E-state index is -1.02. The molecule has 8 heteroatoms. The molecular weight excluding hydrogens is 348 g/mol. The third-order valence-electron chi connectivity index (χ3n) is 4.78. The number of hydrogen-bond acceptors (Lipinski definition) is 6. The summed E-state index contributed by atoms with van der Waals surface area (Å²) in [4.78, 5) is 44.4. The first-order valence-electron chi connectivity index (χ1n) is 9.09. The Morgan fingerprint density at radius 2 is 2.07 bits per heavy atom. The third kappa shape index (κ3) is 4.10. The zero-order chi connectivity index (χ0) is 19.4. The van der Waals surface area contributed by atoms with Gasteiger partial charge in [-0.2, -0.15) is 0 Å². The Hall–Kier alpha value is -2.90. The van der Waals surface area contributed by atoms with Gasteiger partial charge in [0.15, 0.2) is 5.92 Å². The van der Waals surface area contributed by atoms with Crippen LogP contribution in [0.5, 0.6) is 0 Å². The minimum absolute atomic E-state index is 0.202. The number of aryl methyl sites for hydroxylation is 1. The van der Waals surface area contributed by atoms with Gasteiger partial charge in [0.25, 0.3) is 0 Å². The van der Waals surface area contributed by atoms with Crippen LogP contribution in [0.1, 0.15) is 24.1 Å². The molecule has 0 radical (unpaired) electrons. The molecule has 0 aromatic heterocycles. The first-order valence-corrected chi connectivity index (χ1v) is 9.09. The maximum absolute atomic E-state index is 12.8. The van der Waals surface area contributed by atoms with Crippen molar-refractivity contribution in [2.45, 2.75) is 19.9 Å². The second kappa shape index (κ2) is 8.20. The van der Waals surface area contributed by atoms with Crippen LogP contribution in [0.25, 0.3) is 0 Å². The Balaban J connectivity index is 1.92. The number of ether oxygens (including phenoxy) is 1. The van der Waals surface area contributed by atoms with Crippen molar-refractivity contribution < 1.29 is 19.1 Å². The molecule has 1 aromatic rings. The molecule has 3 rings (SSSR count). The number of aliphatic imine (C=N–C) groups is 1. The molecule has 0 unspecified atom stereocenters. The number of carbonyl (C=O) groups is 3. The van der Waals surface area contributed by atoms with Gasteiger partial charge < -0.3 is 14.5 Å². The smallest absolute Gasteiger partial charge is 0.321 e. The number of guanidine groups is 1. The maximum atomic E-state index is 12.8. The predicted molar refractivity (Wildman–Crippen MR) is 98.8 cm³/mol. The van der Waals surface area contributed by atoms with Crippen LogP contribution in [-0.2, 0) is 19.1 Å². The topological polar surface area (TPSA) is 91.3 Å². The van der Waals surface area contributed by atoms with Crippen molar-refractivity contribution >= 4 is 24.2 Å². The van der Waals surface area contributed by atoms with Gasteiger partial charge in [0.05, 0.1) is 6.61 Å². The lowest BCUT2D eigenvalue weighted by molar-refractivity contribution is -0.153. The van der Waals surface area contributed by atoms with E-state index in [1.54, 1.807) is 11.8 Å². The fraction of sp³-hybridized carbons (Fsp3) is 0.474. The molecule has 1 aromatic carbocycles. The normalized spacial score (nSPS) is 22.7. The molecule has 0 aliphatic carbocycles. The van der Waals surface area contributed by atoms with Crippen molar-refractivity contribution in [1.29, 1.82) is 0 Å². The van der Waals surface area contributed by atoms with E-state index in [1.807, 2.05) is 36.1 Å². The molecule has 2 amide bonds. The Labute approximate surface area is 158 Å². The molecule has 144 valence electrons. The van der Waals surface area contributed by atoms with E-state index >= 15 is 0 Å². The van der Waals surface area contributed by atoms with Crippen molar-refractivity contribution in [2.75, 3.05) is 32.8 Å².